The SMILES string of the molecule is C=Cn1cc(-c2ccccc2)nc1/C=C\C.CC(N)=O.CN. The summed E-state index contributed by atoms with van der Waals surface area (Å²) in [7, 11) is 1.50. The first kappa shape index (κ1) is 19.3. The summed E-state index contributed by atoms with van der Waals surface area (Å²) in [5.41, 5.74) is 11.1. The molecule has 2 aromatic rings. The van der Waals surface area contributed by atoms with Gasteiger partial charge in [0, 0.05) is 24.9 Å². The zero-order chi connectivity index (χ0) is 17.0. The number of benzene rings is 1. The zero-order valence-corrected chi connectivity index (χ0v) is 13.4. The topological polar surface area (TPSA) is 86.9 Å². The minimum atomic E-state index is -0.333. The Kier molecular flexibility index (Phi) is 9.71. The van der Waals surface area contributed by atoms with Gasteiger partial charge in [-0.25, -0.2) is 4.98 Å². The number of amides is 1. The van der Waals surface area contributed by atoms with Crippen molar-refractivity contribution in [3.63, 3.8) is 0 Å². The lowest BCUT2D eigenvalue weighted by molar-refractivity contribution is -0.115. The van der Waals surface area contributed by atoms with Gasteiger partial charge in [-0.05, 0) is 20.0 Å². The van der Waals surface area contributed by atoms with Crippen molar-refractivity contribution in [3.8, 4) is 11.3 Å². The molecule has 0 aliphatic carbocycles. The monoisotopic (exact) mass is 300 g/mol. The van der Waals surface area contributed by atoms with Crippen LogP contribution in [0.3, 0.4) is 0 Å². The molecule has 0 aliphatic heterocycles. The molecule has 0 fully saturated rings. The maximum atomic E-state index is 9.22. The number of nitrogens with two attached hydrogens (primary N) is 2. The zero-order valence-electron chi connectivity index (χ0n) is 13.4. The van der Waals surface area contributed by atoms with Crippen LogP contribution in [-0.2, 0) is 4.79 Å². The molecule has 5 nitrogen and oxygen atoms in total. The van der Waals surface area contributed by atoms with Crippen LogP contribution < -0.4 is 11.5 Å². The molecule has 22 heavy (non-hydrogen) atoms. The van der Waals surface area contributed by atoms with Gasteiger partial charge in [-0.1, -0.05) is 43.0 Å². The van der Waals surface area contributed by atoms with Crippen LogP contribution in [0.25, 0.3) is 23.5 Å². The Hall–Kier alpha value is -2.66. The van der Waals surface area contributed by atoms with Crippen LogP contribution in [0.2, 0.25) is 0 Å². The summed E-state index contributed by atoms with van der Waals surface area (Å²) >= 11 is 0. The molecule has 0 atom stereocenters. The molecule has 0 saturated carbocycles. The lowest BCUT2D eigenvalue weighted by Gasteiger charge is -1.93. The van der Waals surface area contributed by atoms with E-state index in [2.05, 4.69) is 35.2 Å². The molecule has 0 aliphatic rings. The second-order valence-electron chi connectivity index (χ2n) is 4.05. The number of allylic oxidation sites excluding steroid dienone is 1. The summed E-state index contributed by atoms with van der Waals surface area (Å²) < 4.78 is 1.92. The predicted molar refractivity (Wildman–Crippen MR) is 93.7 cm³/mol. The summed E-state index contributed by atoms with van der Waals surface area (Å²) in [4.78, 5) is 13.8. The highest BCUT2D eigenvalue weighted by Gasteiger charge is 2.04. The van der Waals surface area contributed by atoms with Crippen LogP contribution in [0.1, 0.15) is 19.7 Å². The predicted octanol–water partition coefficient (Wildman–Crippen LogP) is 2.75. The number of imidazole rings is 1. The number of rotatable bonds is 3. The molecule has 0 saturated heterocycles. The van der Waals surface area contributed by atoms with E-state index in [0.29, 0.717) is 0 Å². The van der Waals surface area contributed by atoms with Gasteiger partial charge < -0.3 is 16.0 Å². The second-order valence-corrected chi connectivity index (χ2v) is 4.05. The molecule has 4 N–H and O–H groups in total. The van der Waals surface area contributed by atoms with Gasteiger partial charge >= 0.3 is 0 Å². The van der Waals surface area contributed by atoms with Crippen molar-refractivity contribution in [2.45, 2.75) is 13.8 Å². The summed E-state index contributed by atoms with van der Waals surface area (Å²) in [5, 5.41) is 0. The molecule has 1 amide bonds. The Morgan fingerprint density at radius 1 is 1.27 bits per heavy atom. The standard InChI is InChI=1S/C14H14N2.C2H5NO.CH5N/c1-3-8-14-15-13(11-16(14)4-2)12-9-6-5-7-10-12;1-2(3)4;1-2/h3-11H,2H2,1H3;1H3,(H2,3,4);2H2,1H3/b8-3-;;. The Balaban J connectivity index is 0.000000640. The summed E-state index contributed by atoms with van der Waals surface area (Å²) in [6.45, 7) is 7.05. The van der Waals surface area contributed by atoms with Crippen molar-refractivity contribution in [2.75, 3.05) is 7.05 Å². The molecule has 0 bridgehead atoms. The van der Waals surface area contributed by atoms with Gasteiger partial charge in [-0.3, -0.25) is 4.79 Å². The Labute approximate surface area is 132 Å². The van der Waals surface area contributed by atoms with Gasteiger partial charge in [0.15, 0.2) is 0 Å². The van der Waals surface area contributed by atoms with Crippen LogP contribution in [0, 0.1) is 0 Å². The number of hydrogen-bond acceptors (Lipinski definition) is 3. The lowest BCUT2D eigenvalue weighted by atomic mass is 10.2. The highest BCUT2D eigenvalue weighted by molar-refractivity contribution is 5.70. The van der Waals surface area contributed by atoms with Crippen molar-refractivity contribution in [1.29, 1.82) is 0 Å². The van der Waals surface area contributed by atoms with Crippen LogP contribution in [0.5, 0.6) is 0 Å². The van der Waals surface area contributed by atoms with Crippen molar-refractivity contribution < 1.29 is 4.79 Å². The lowest BCUT2D eigenvalue weighted by Crippen LogP contribution is -2.01. The fraction of sp³-hybridized carbons (Fsp3) is 0.176. The van der Waals surface area contributed by atoms with E-state index in [1.807, 2.05) is 48.0 Å². The smallest absolute Gasteiger partial charge is 0.214 e. The van der Waals surface area contributed by atoms with E-state index in [1.165, 1.54) is 14.0 Å². The molecular formula is C17H24N4O. The number of aromatic nitrogens is 2. The average Bonchev–Trinajstić information content (AvgIpc) is 2.93. The van der Waals surface area contributed by atoms with Gasteiger partial charge in [-0.15, -0.1) is 0 Å². The Morgan fingerprint density at radius 2 is 1.82 bits per heavy atom. The normalized spacial score (nSPS) is 9.27. The Morgan fingerprint density at radius 3 is 2.27 bits per heavy atom. The number of carbonyl (C=O) groups excluding carboxylic acids is 1. The van der Waals surface area contributed by atoms with E-state index in [4.69, 9.17) is 0 Å². The third kappa shape index (κ3) is 6.67. The van der Waals surface area contributed by atoms with E-state index < -0.39 is 0 Å². The largest absolute Gasteiger partial charge is 0.370 e. The maximum absolute atomic E-state index is 9.22. The molecule has 118 valence electrons. The first-order chi connectivity index (χ1) is 10.6. The second kappa shape index (κ2) is 11.0. The molecular weight excluding hydrogens is 276 g/mol. The van der Waals surface area contributed by atoms with Gasteiger partial charge in [-0.2, -0.15) is 0 Å². The third-order valence-corrected chi connectivity index (χ3v) is 2.34. The fourth-order valence-corrected chi connectivity index (χ4v) is 1.57. The van der Waals surface area contributed by atoms with Gasteiger partial charge in [0.05, 0.1) is 5.69 Å². The van der Waals surface area contributed by atoms with Crippen molar-refractivity contribution >= 4 is 18.2 Å². The number of carbonyl (C=O) groups is 1. The molecule has 0 spiro atoms. The minimum Gasteiger partial charge on any atom is -0.370 e. The molecule has 0 unspecified atom stereocenters. The van der Waals surface area contributed by atoms with Crippen LogP contribution in [0.15, 0.2) is 49.2 Å². The first-order valence-electron chi connectivity index (χ1n) is 6.81. The van der Waals surface area contributed by atoms with Gasteiger partial charge in [0.2, 0.25) is 5.91 Å². The third-order valence-electron chi connectivity index (χ3n) is 2.34. The highest BCUT2D eigenvalue weighted by Crippen LogP contribution is 2.18. The van der Waals surface area contributed by atoms with Crippen LogP contribution in [0.4, 0.5) is 0 Å². The van der Waals surface area contributed by atoms with E-state index in [0.717, 1.165) is 17.1 Å². The number of hydrogen-bond donors (Lipinski definition) is 2. The first-order valence-corrected chi connectivity index (χ1v) is 6.81. The van der Waals surface area contributed by atoms with Crippen LogP contribution >= 0.6 is 0 Å². The number of primary amides is 1. The molecule has 2 rings (SSSR count). The fourth-order valence-electron chi connectivity index (χ4n) is 1.57. The molecule has 1 aromatic heterocycles. The Bertz CT molecular complexity index is 596. The minimum absolute atomic E-state index is 0.333. The summed E-state index contributed by atoms with van der Waals surface area (Å²) in [6.07, 6.45) is 7.68. The van der Waals surface area contributed by atoms with E-state index >= 15 is 0 Å². The average molecular weight is 300 g/mol. The summed E-state index contributed by atoms with van der Waals surface area (Å²) in [6, 6.07) is 10.1. The van der Waals surface area contributed by atoms with Gasteiger partial charge in [0.25, 0.3) is 0 Å². The summed E-state index contributed by atoms with van der Waals surface area (Å²) in [5.74, 6) is 0.566. The number of nitrogens with zero attached hydrogens (tertiary/aromatic N) is 2. The molecule has 1 heterocycles. The van der Waals surface area contributed by atoms with E-state index in [-0.39, 0.29) is 5.91 Å². The van der Waals surface area contributed by atoms with Gasteiger partial charge in [0.1, 0.15) is 5.82 Å². The van der Waals surface area contributed by atoms with E-state index in [9.17, 15) is 4.79 Å². The quantitative estimate of drug-likeness (QED) is 0.913. The van der Waals surface area contributed by atoms with Crippen molar-refractivity contribution in [3.05, 3.63) is 55.0 Å². The van der Waals surface area contributed by atoms with Crippen molar-refractivity contribution in [1.82, 2.24) is 9.55 Å². The maximum Gasteiger partial charge on any atom is 0.214 e. The molecule has 5 heteroatoms. The molecule has 0 radical (unpaired) electrons. The van der Waals surface area contributed by atoms with Crippen LogP contribution in [-0.4, -0.2) is 22.5 Å². The highest BCUT2D eigenvalue weighted by atomic mass is 16.1. The van der Waals surface area contributed by atoms with E-state index in [1.54, 1.807) is 6.20 Å². The van der Waals surface area contributed by atoms with Crippen molar-refractivity contribution in [2.24, 2.45) is 11.5 Å². The molecule has 1 aromatic carbocycles.